The van der Waals surface area contributed by atoms with Crippen LogP contribution in [0.2, 0.25) is 0 Å². The Balaban J connectivity index is 2.02. The standard InChI is InChI=1S/C16H22N4O3S2/c1-11-14(24-16(17-2)19-11)12-5-7-13(8-6-12)15(21)18-9-10-25(22,23)20(3)4/h5-8H,9-10H2,1-4H3,(H,17,19)(H,18,21). The molecular weight excluding hydrogens is 360 g/mol. The SMILES string of the molecule is CNc1nc(C)c(-c2ccc(C(=O)NCCS(=O)(=O)N(C)C)cc2)s1. The quantitative estimate of drug-likeness (QED) is 0.762. The fraction of sp³-hybridized carbons (Fsp3) is 0.375. The van der Waals surface area contributed by atoms with E-state index in [4.69, 9.17) is 0 Å². The van der Waals surface area contributed by atoms with Crippen molar-refractivity contribution in [2.75, 3.05) is 38.8 Å². The van der Waals surface area contributed by atoms with Gasteiger partial charge in [0.05, 0.1) is 16.3 Å². The highest BCUT2D eigenvalue weighted by molar-refractivity contribution is 7.89. The Morgan fingerprint density at radius 2 is 1.88 bits per heavy atom. The van der Waals surface area contributed by atoms with E-state index in [1.54, 1.807) is 23.5 Å². The molecule has 0 aliphatic heterocycles. The third kappa shape index (κ3) is 4.77. The summed E-state index contributed by atoms with van der Waals surface area (Å²) in [6.45, 7) is 2.01. The number of nitrogens with zero attached hydrogens (tertiary/aromatic N) is 2. The Bertz CT molecular complexity index is 843. The van der Waals surface area contributed by atoms with E-state index in [1.165, 1.54) is 14.1 Å². The van der Waals surface area contributed by atoms with Crippen LogP contribution >= 0.6 is 11.3 Å². The molecular formula is C16H22N4O3S2. The third-order valence-corrected chi connectivity index (χ3v) is 6.68. The average Bonchev–Trinajstić information content (AvgIpc) is 2.95. The molecule has 0 aliphatic rings. The maximum Gasteiger partial charge on any atom is 0.251 e. The summed E-state index contributed by atoms with van der Waals surface area (Å²) in [5.74, 6) is -0.422. The van der Waals surface area contributed by atoms with Crippen LogP contribution in [0.1, 0.15) is 16.1 Å². The number of hydrogen-bond donors (Lipinski definition) is 2. The summed E-state index contributed by atoms with van der Waals surface area (Å²) in [5.41, 5.74) is 2.41. The number of carbonyl (C=O) groups excluding carboxylic acids is 1. The first-order chi connectivity index (χ1) is 11.7. The molecule has 1 heterocycles. The molecule has 9 heteroatoms. The van der Waals surface area contributed by atoms with E-state index < -0.39 is 10.0 Å². The van der Waals surface area contributed by atoms with Crippen LogP contribution in [0.3, 0.4) is 0 Å². The molecule has 25 heavy (non-hydrogen) atoms. The summed E-state index contributed by atoms with van der Waals surface area (Å²) in [7, 11) is 1.45. The molecule has 7 nitrogen and oxygen atoms in total. The number of rotatable bonds is 7. The lowest BCUT2D eigenvalue weighted by molar-refractivity contribution is 0.0956. The molecule has 1 amide bonds. The van der Waals surface area contributed by atoms with Crippen LogP contribution in [0.15, 0.2) is 24.3 Å². The van der Waals surface area contributed by atoms with Crippen molar-refractivity contribution in [2.24, 2.45) is 0 Å². The highest BCUT2D eigenvalue weighted by Gasteiger charge is 2.14. The zero-order valence-electron chi connectivity index (χ0n) is 14.7. The van der Waals surface area contributed by atoms with Crippen molar-refractivity contribution in [3.8, 4) is 10.4 Å². The van der Waals surface area contributed by atoms with Crippen molar-refractivity contribution in [3.63, 3.8) is 0 Å². The Kier molecular flexibility index (Phi) is 6.15. The minimum absolute atomic E-state index is 0.0700. The number of nitrogens with one attached hydrogen (secondary N) is 2. The van der Waals surface area contributed by atoms with Gasteiger partial charge in [-0.05, 0) is 24.6 Å². The van der Waals surface area contributed by atoms with Gasteiger partial charge in [0.1, 0.15) is 0 Å². The van der Waals surface area contributed by atoms with Gasteiger partial charge in [-0.1, -0.05) is 23.5 Å². The number of benzene rings is 1. The second-order valence-electron chi connectivity index (χ2n) is 5.62. The predicted molar refractivity (Wildman–Crippen MR) is 102 cm³/mol. The number of sulfonamides is 1. The molecule has 2 aromatic rings. The van der Waals surface area contributed by atoms with Gasteiger partial charge in [0, 0.05) is 33.3 Å². The first-order valence-corrected chi connectivity index (χ1v) is 10.1. The number of aromatic nitrogens is 1. The maximum atomic E-state index is 12.1. The Hall–Kier alpha value is -1.97. The van der Waals surface area contributed by atoms with Crippen LogP contribution in [0.4, 0.5) is 5.13 Å². The van der Waals surface area contributed by atoms with Gasteiger partial charge in [-0.15, -0.1) is 0 Å². The fourth-order valence-corrected chi connectivity index (χ4v) is 3.77. The number of thiazole rings is 1. The van der Waals surface area contributed by atoms with Crippen molar-refractivity contribution in [1.82, 2.24) is 14.6 Å². The lowest BCUT2D eigenvalue weighted by atomic mass is 10.1. The van der Waals surface area contributed by atoms with Crippen LogP contribution in [0, 0.1) is 6.92 Å². The summed E-state index contributed by atoms with van der Waals surface area (Å²) in [6, 6.07) is 7.18. The molecule has 1 aromatic heterocycles. The second-order valence-corrected chi connectivity index (χ2v) is 8.92. The fourth-order valence-electron chi connectivity index (χ4n) is 2.12. The molecule has 0 bridgehead atoms. The van der Waals surface area contributed by atoms with E-state index in [1.807, 2.05) is 26.1 Å². The maximum absolute atomic E-state index is 12.1. The first-order valence-electron chi connectivity index (χ1n) is 7.68. The number of aryl methyl sites for hydroxylation is 1. The minimum Gasteiger partial charge on any atom is -0.365 e. The molecule has 1 aromatic carbocycles. The van der Waals surface area contributed by atoms with E-state index in [2.05, 4.69) is 15.6 Å². The van der Waals surface area contributed by atoms with Crippen molar-refractivity contribution in [2.45, 2.75) is 6.92 Å². The highest BCUT2D eigenvalue weighted by atomic mass is 32.2. The number of amides is 1. The molecule has 0 unspecified atom stereocenters. The zero-order valence-corrected chi connectivity index (χ0v) is 16.3. The molecule has 0 saturated carbocycles. The van der Waals surface area contributed by atoms with Crippen molar-refractivity contribution in [3.05, 3.63) is 35.5 Å². The van der Waals surface area contributed by atoms with E-state index in [-0.39, 0.29) is 18.2 Å². The van der Waals surface area contributed by atoms with Gasteiger partial charge in [-0.25, -0.2) is 17.7 Å². The second kappa shape index (κ2) is 7.94. The summed E-state index contributed by atoms with van der Waals surface area (Å²) in [5, 5.41) is 6.49. The lowest BCUT2D eigenvalue weighted by Gasteiger charge is -2.11. The van der Waals surface area contributed by atoms with Crippen LogP contribution in [-0.4, -0.2) is 57.1 Å². The highest BCUT2D eigenvalue weighted by Crippen LogP contribution is 2.32. The summed E-state index contributed by atoms with van der Waals surface area (Å²) < 4.78 is 24.5. The van der Waals surface area contributed by atoms with E-state index in [0.717, 1.165) is 25.6 Å². The van der Waals surface area contributed by atoms with E-state index >= 15 is 0 Å². The van der Waals surface area contributed by atoms with Crippen LogP contribution < -0.4 is 10.6 Å². The smallest absolute Gasteiger partial charge is 0.251 e. The lowest BCUT2D eigenvalue weighted by Crippen LogP contribution is -2.33. The van der Waals surface area contributed by atoms with Gasteiger partial charge >= 0.3 is 0 Å². The molecule has 0 aliphatic carbocycles. The average molecular weight is 383 g/mol. The van der Waals surface area contributed by atoms with Gasteiger partial charge in [-0.2, -0.15) is 0 Å². The Labute approximate surface area is 152 Å². The van der Waals surface area contributed by atoms with E-state index in [9.17, 15) is 13.2 Å². The van der Waals surface area contributed by atoms with Crippen LogP contribution in [0.25, 0.3) is 10.4 Å². The normalized spacial score (nSPS) is 11.6. The van der Waals surface area contributed by atoms with Gasteiger partial charge < -0.3 is 10.6 Å². The number of hydrogen-bond acceptors (Lipinski definition) is 6. The summed E-state index contributed by atoms with van der Waals surface area (Å²) in [4.78, 5) is 17.6. The molecule has 2 rings (SSSR count). The zero-order chi connectivity index (χ0) is 18.6. The van der Waals surface area contributed by atoms with Crippen molar-refractivity contribution >= 4 is 32.4 Å². The topological polar surface area (TPSA) is 91.4 Å². The van der Waals surface area contributed by atoms with Gasteiger partial charge in [0.15, 0.2) is 5.13 Å². The van der Waals surface area contributed by atoms with Gasteiger partial charge in [0.25, 0.3) is 5.91 Å². The third-order valence-electron chi connectivity index (χ3n) is 3.62. The van der Waals surface area contributed by atoms with Crippen LogP contribution in [0.5, 0.6) is 0 Å². The monoisotopic (exact) mass is 382 g/mol. The molecule has 2 N–H and O–H groups in total. The largest absolute Gasteiger partial charge is 0.365 e. The molecule has 136 valence electrons. The minimum atomic E-state index is -3.32. The first kappa shape index (κ1) is 19.4. The predicted octanol–water partition coefficient (Wildman–Crippen LogP) is 1.78. The number of anilines is 1. The Morgan fingerprint density at radius 1 is 1.24 bits per heavy atom. The Morgan fingerprint density at radius 3 is 2.40 bits per heavy atom. The van der Waals surface area contributed by atoms with Gasteiger partial charge in [0.2, 0.25) is 10.0 Å². The molecule has 0 atom stereocenters. The molecule has 0 fully saturated rings. The summed E-state index contributed by atoms with van der Waals surface area (Å²) >= 11 is 1.55. The van der Waals surface area contributed by atoms with Crippen LogP contribution in [-0.2, 0) is 10.0 Å². The van der Waals surface area contributed by atoms with E-state index in [0.29, 0.717) is 5.56 Å². The molecule has 0 spiro atoms. The van der Waals surface area contributed by atoms with Crippen molar-refractivity contribution < 1.29 is 13.2 Å². The summed E-state index contributed by atoms with van der Waals surface area (Å²) in [6.07, 6.45) is 0. The molecule has 0 saturated heterocycles. The van der Waals surface area contributed by atoms with Crippen molar-refractivity contribution in [1.29, 1.82) is 0 Å². The molecule has 0 radical (unpaired) electrons. The number of carbonyl (C=O) groups is 1. The van der Waals surface area contributed by atoms with Gasteiger partial charge in [-0.3, -0.25) is 4.79 Å².